The van der Waals surface area contributed by atoms with E-state index < -0.39 is 0 Å². The predicted molar refractivity (Wildman–Crippen MR) is 77.2 cm³/mol. The smallest absolute Gasteiger partial charge is 0.269 e. The van der Waals surface area contributed by atoms with Gasteiger partial charge in [-0.15, -0.1) is 0 Å². The number of hydrogen-bond donors (Lipinski definition) is 1. The number of hydrogen-bond acceptors (Lipinski definition) is 2. The molecule has 0 fully saturated rings. The maximum Gasteiger partial charge on any atom is 0.269 e. The molecule has 0 aliphatic rings. The van der Waals surface area contributed by atoms with E-state index in [9.17, 15) is 4.79 Å². The number of carbonyl (C=O) groups excluding carboxylic acids is 1. The minimum atomic E-state index is -0.165. The Bertz CT molecular complexity index is 562. The van der Waals surface area contributed by atoms with Gasteiger partial charge in [0.1, 0.15) is 5.71 Å². The fourth-order valence-electron chi connectivity index (χ4n) is 1.76. The van der Waals surface area contributed by atoms with Crippen LogP contribution in [0.15, 0.2) is 65.7 Å². The van der Waals surface area contributed by atoms with Gasteiger partial charge in [0, 0.05) is 12.6 Å². The summed E-state index contributed by atoms with van der Waals surface area (Å²) >= 11 is 0. The molecule has 3 heteroatoms. The van der Waals surface area contributed by atoms with E-state index in [1.165, 1.54) is 0 Å². The third kappa shape index (κ3) is 3.52. The highest BCUT2D eigenvalue weighted by atomic mass is 16.1. The topological polar surface area (TPSA) is 41.5 Å². The van der Waals surface area contributed by atoms with E-state index in [1.807, 2.05) is 60.7 Å². The molecule has 0 heterocycles. The lowest BCUT2D eigenvalue weighted by Gasteiger charge is -2.05. The molecule has 0 saturated carbocycles. The van der Waals surface area contributed by atoms with E-state index in [-0.39, 0.29) is 5.91 Å². The van der Waals surface area contributed by atoms with Gasteiger partial charge in [0.05, 0.1) is 6.54 Å². The summed E-state index contributed by atoms with van der Waals surface area (Å²) in [6.45, 7) is 0.498. The average Bonchev–Trinajstić information content (AvgIpc) is 2.49. The lowest BCUT2D eigenvalue weighted by molar-refractivity contribution is -0.114. The Kier molecular flexibility index (Phi) is 4.45. The maximum atomic E-state index is 11.9. The standard InChI is InChI=1S/C16H16N2O/c1-17-16(19)15(14-10-6-3-7-11-14)18-12-13-8-4-2-5-9-13/h2-11H,12H2,1H3,(H,17,19). The van der Waals surface area contributed by atoms with E-state index in [4.69, 9.17) is 0 Å². The van der Waals surface area contributed by atoms with Gasteiger partial charge in [-0.3, -0.25) is 9.79 Å². The van der Waals surface area contributed by atoms with Crippen LogP contribution in [0.4, 0.5) is 0 Å². The number of amides is 1. The first-order valence-corrected chi connectivity index (χ1v) is 6.17. The second kappa shape index (κ2) is 6.50. The third-order valence-corrected chi connectivity index (χ3v) is 2.75. The second-order valence-electron chi connectivity index (χ2n) is 4.10. The summed E-state index contributed by atoms with van der Waals surface area (Å²) in [6, 6.07) is 19.4. The largest absolute Gasteiger partial charge is 0.354 e. The van der Waals surface area contributed by atoms with Crippen LogP contribution in [0.3, 0.4) is 0 Å². The molecule has 96 valence electrons. The highest BCUT2D eigenvalue weighted by molar-refractivity contribution is 6.45. The Balaban J connectivity index is 2.26. The molecule has 0 aliphatic heterocycles. The number of benzene rings is 2. The fourth-order valence-corrected chi connectivity index (χ4v) is 1.76. The summed E-state index contributed by atoms with van der Waals surface area (Å²) in [6.07, 6.45) is 0. The zero-order chi connectivity index (χ0) is 13.5. The van der Waals surface area contributed by atoms with E-state index in [2.05, 4.69) is 10.3 Å². The van der Waals surface area contributed by atoms with Crippen LogP contribution >= 0.6 is 0 Å². The quantitative estimate of drug-likeness (QED) is 0.834. The maximum absolute atomic E-state index is 11.9. The average molecular weight is 252 g/mol. The molecule has 19 heavy (non-hydrogen) atoms. The van der Waals surface area contributed by atoms with E-state index in [0.717, 1.165) is 11.1 Å². The van der Waals surface area contributed by atoms with Crippen molar-refractivity contribution in [2.45, 2.75) is 6.54 Å². The highest BCUT2D eigenvalue weighted by Crippen LogP contribution is 2.05. The Morgan fingerprint density at radius 2 is 1.58 bits per heavy atom. The summed E-state index contributed by atoms with van der Waals surface area (Å²) < 4.78 is 0. The molecule has 0 unspecified atom stereocenters. The predicted octanol–water partition coefficient (Wildman–Crippen LogP) is 2.42. The SMILES string of the molecule is CNC(=O)C(=NCc1ccccc1)c1ccccc1. The molecule has 0 radical (unpaired) electrons. The molecule has 1 N–H and O–H groups in total. The van der Waals surface area contributed by atoms with Gasteiger partial charge in [-0.2, -0.15) is 0 Å². The van der Waals surface area contributed by atoms with Crippen molar-refractivity contribution in [3.63, 3.8) is 0 Å². The van der Waals surface area contributed by atoms with Gasteiger partial charge in [0.15, 0.2) is 0 Å². The van der Waals surface area contributed by atoms with Gasteiger partial charge < -0.3 is 5.32 Å². The van der Waals surface area contributed by atoms with E-state index >= 15 is 0 Å². The van der Waals surface area contributed by atoms with Crippen LogP contribution in [0.5, 0.6) is 0 Å². The Hall–Kier alpha value is -2.42. The molecule has 0 spiro atoms. The zero-order valence-corrected chi connectivity index (χ0v) is 10.8. The first-order valence-electron chi connectivity index (χ1n) is 6.17. The number of nitrogens with zero attached hydrogens (tertiary/aromatic N) is 1. The van der Waals surface area contributed by atoms with Crippen molar-refractivity contribution >= 4 is 11.6 Å². The molecule has 0 aliphatic carbocycles. The Labute approximate surface area is 113 Å². The molecule has 2 rings (SSSR count). The van der Waals surface area contributed by atoms with Gasteiger partial charge in [-0.05, 0) is 5.56 Å². The van der Waals surface area contributed by atoms with Gasteiger partial charge in [-0.25, -0.2) is 0 Å². The molecule has 3 nitrogen and oxygen atoms in total. The number of rotatable bonds is 4. The van der Waals surface area contributed by atoms with Crippen LogP contribution in [0.2, 0.25) is 0 Å². The van der Waals surface area contributed by atoms with Crippen LogP contribution in [-0.4, -0.2) is 18.7 Å². The second-order valence-corrected chi connectivity index (χ2v) is 4.10. The van der Waals surface area contributed by atoms with Crippen LogP contribution < -0.4 is 5.32 Å². The summed E-state index contributed by atoms with van der Waals surface area (Å²) in [5, 5.41) is 2.63. The van der Waals surface area contributed by atoms with Gasteiger partial charge >= 0.3 is 0 Å². The Morgan fingerprint density at radius 3 is 2.16 bits per heavy atom. The first kappa shape index (κ1) is 13.0. The van der Waals surface area contributed by atoms with Gasteiger partial charge in [0.25, 0.3) is 5.91 Å². The molecule has 1 amide bonds. The molecule has 2 aromatic rings. The molecule has 0 aromatic heterocycles. The number of aliphatic imine (C=N–C) groups is 1. The van der Waals surface area contributed by atoms with Crippen molar-refractivity contribution in [2.75, 3.05) is 7.05 Å². The lowest BCUT2D eigenvalue weighted by Crippen LogP contribution is -2.28. The van der Waals surface area contributed by atoms with Crippen LogP contribution in [0, 0.1) is 0 Å². The van der Waals surface area contributed by atoms with Gasteiger partial charge in [-0.1, -0.05) is 60.7 Å². The van der Waals surface area contributed by atoms with Crippen LogP contribution in [0.25, 0.3) is 0 Å². The summed E-state index contributed by atoms with van der Waals surface area (Å²) in [5.74, 6) is -0.165. The molecular weight excluding hydrogens is 236 g/mol. The summed E-state index contributed by atoms with van der Waals surface area (Å²) in [4.78, 5) is 16.3. The molecule has 0 atom stereocenters. The highest BCUT2D eigenvalue weighted by Gasteiger charge is 2.11. The Morgan fingerprint density at radius 1 is 1.00 bits per heavy atom. The summed E-state index contributed by atoms with van der Waals surface area (Å²) in [7, 11) is 1.61. The van der Waals surface area contributed by atoms with Crippen molar-refractivity contribution in [3.8, 4) is 0 Å². The number of nitrogens with one attached hydrogen (secondary N) is 1. The molecule has 0 bridgehead atoms. The molecule has 2 aromatic carbocycles. The minimum Gasteiger partial charge on any atom is -0.354 e. The van der Waals surface area contributed by atoms with Gasteiger partial charge in [0.2, 0.25) is 0 Å². The minimum absolute atomic E-state index is 0.165. The third-order valence-electron chi connectivity index (χ3n) is 2.75. The van der Waals surface area contributed by atoms with E-state index in [1.54, 1.807) is 7.05 Å². The van der Waals surface area contributed by atoms with Crippen molar-refractivity contribution in [2.24, 2.45) is 4.99 Å². The number of likely N-dealkylation sites (N-methyl/N-ethyl adjacent to an activating group) is 1. The van der Waals surface area contributed by atoms with E-state index in [0.29, 0.717) is 12.3 Å². The number of carbonyl (C=O) groups is 1. The molecular formula is C16H16N2O. The van der Waals surface area contributed by atoms with Crippen molar-refractivity contribution in [1.82, 2.24) is 5.32 Å². The fraction of sp³-hybridized carbons (Fsp3) is 0.125. The normalized spacial score (nSPS) is 11.1. The zero-order valence-electron chi connectivity index (χ0n) is 10.8. The van der Waals surface area contributed by atoms with Crippen LogP contribution in [-0.2, 0) is 11.3 Å². The summed E-state index contributed by atoms with van der Waals surface area (Å²) in [5.41, 5.74) is 2.38. The molecule has 0 saturated heterocycles. The van der Waals surface area contributed by atoms with Crippen molar-refractivity contribution < 1.29 is 4.79 Å². The monoisotopic (exact) mass is 252 g/mol. The van der Waals surface area contributed by atoms with Crippen molar-refractivity contribution in [1.29, 1.82) is 0 Å². The van der Waals surface area contributed by atoms with Crippen molar-refractivity contribution in [3.05, 3.63) is 71.8 Å². The lowest BCUT2D eigenvalue weighted by atomic mass is 10.1. The van der Waals surface area contributed by atoms with Crippen LogP contribution in [0.1, 0.15) is 11.1 Å². The first-order chi connectivity index (χ1) is 9.31.